The Labute approximate surface area is 253 Å². The Morgan fingerprint density at radius 1 is 0.614 bits per heavy atom. The van der Waals surface area contributed by atoms with Crippen LogP contribution in [0.25, 0.3) is 33.1 Å². The van der Waals surface area contributed by atoms with Crippen LogP contribution in [0.3, 0.4) is 0 Å². The normalized spacial score (nSPS) is 19.8. The first-order valence-electron chi connectivity index (χ1n) is 13.7. The summed E-state index contributed by atoms with van der Waals surface area (Å²) in [7, 11) is 0. The molecule has 0 radical (unpaired) electrons. The summed E-state index contributed by atoms with van der Waals surface area (Å²) in [6.45, 7) is 0. The number of halogens is 4. The summed E-state index contributed by atoms with van der Waals surface area (Å²) in [5.74, 6) is -7.99. The van der Waals surface area contributed by atoms with E-state index in [0.29, 0.717) is 22.1 Å². The van der Waals surface area contributed by atoms with Crippen molar-refractivity contribution in [1.29, 1.82) is 0 Å². The lowest BCUT2D eigenvalue weighted by Gasteiger charge is -2.32. The molecule has 1 saturated carbocycles. The molecule has 0 amide bonds. The number of nitrogens with zero attached hydrogens (tertiary/aromatic N) is 2. The van der Waals surface area contributed by atoms with Gasteiger partial charge in [0.25, 0.3) is 0 Å². The van der Waals surface area contributed by atoms with Crippen LogP contribution in [0, 0.1) is 23.3 Å². The largest absolute Gasteiger partial charge is 0.285 e. The van der Waals surface area contributed by atoms with Crippen molar-refractivity contribution in [1.82, 2.24) is 9.97 Å². The lowest BCUT2D eigenvalue weighted by molar-refractivity contribution is -0.110. The molecule has 0 saturated heterocycles. The Bertz CT molecular complexity index is 1990. The van der Waals surface area contributed by atoms with Gasteiger partial charge in [-0.2, -0.15) is 0 Å². The number of carbonyl (C=O) groups is 4. The van der Waals surface area contributed by atoms with Crippen LogP contribution in [-0.4, -0.2) is 33.1 Å². The van der Waals surface area contributed by atoms with Gasteiger partial charge in [0.2, 0.25) is 23.1 Å². The molecule has 1 spiro atoms. The predicted octanol–water partition coefficient (Wildman–Crippen LogP) is 7.00. The molecule has 0 aliphatic heterocycles. The van der Waals surface area contributed by atoms with Crippen molar-refractivity contribution in [2.45, 2.75) is 37.5 Å². The minimum Gasteiger partial charge on any atom is -0.285 e. The van der Waals surface area contributed by atoms with Gasteiger partial charge < -0.3 is 0 Å². The standard InChI is InChI=1S/C32H16F4N2O4S2/c33-12-6-14-16(24(39)26(41)22(14)18(35)8-12)10-20-37-30-28(43-20)29-31(32(30)4-2-1-3-5-32)38-21(44-29)11-17-15-7-13(34)9-19(36)23(15)27(42)25(17)40/h6-11H,1-5H2/b16-10-,17-11-. The van der Waals surface area contributed by atoms with Crippen LogP contribution in [0.1, 0.15) is 85.4 Å². The van der Waals surface area contributed by atoms with E-state index in [4.69, 9.17) is 9.97 Å². The molecule has 1 fully saturated rings. The van der Waals surface area contributed by atoms with Gasteiger partial charge in [-0.05, 0) is 37.1 Å². The van der Waals surface area contributed by atoms with Crippen LogP contribution in [0.2, 0.25) is 0 Å². The molecule has 8 rings (SSSR count). The average molecular weight is 633 g/mol. The summed E-state index contributed by atoms with van der Waals surface area (Å²) in [4.78, 5) is 61.9. The fourth-order valence-electron chi connectivity index (χ4n) is 6.78. The van der Waals surface area contributed by atoms with E-state index in [1.165, 1.54) is 34.8 Å². The summed E-state index contributed by atoms with van der Waals surface area (Å²) < 4.78 is 56.9. The van der Waals surface area contributed by atoms with Crippen LogP contribution in [0.15, 0.2) is 24.3 Å². The maximum absolute atomic E-state index is 14.4. The number of thiazole rings is 2. The Kier molecular flexibility index (Phi) is 5.73. The number of rotatable bonds is 2. The number of allylic oxidation sites excluding steroid dienone is 2. The van der Waals surface area contributed by atoms with E-state index in [1.807, 2.05) is 0 Å². The summed E-state index contributed by atoms with van der Waals surface area (Å²) in [5.41, 5.74) is -0.429. The van der Waals surface area contributed by atoms with Crippen LogP contribution < -0.4 is 0 Å². The third-order valence-electron chi connectivity index (χ3n) is 8.69. The van der Waals surface area contributed by atoms with E-state index in [0.717, 1.165) is 65.4 Å². The lowest BCUT2D eigenvalue weighted by atomic mass is 9.72. The van der Waals surface area contributed by atoms with Gasteiger partial charge >= 0.3 is 0 Å². The third kappa shape index (κ3) is 3.64. The highest BCUT2D eigenvalue weighted by Gasteiger charge is 2.50. The Morgan fingerprint density at radius 3 is 1.48 bits per heavy atom. The van der Waals surface area contributed by atoms with Crippen molar-refractivity contribution in [2.75, 3.05) is 0 Å². The highest BCUT2D eigenvalue weighted by atomic mass is 32.1. The zero-order chi connectivity index (χ0) is 30.7. The second kappa shape index (κ2) is 9.29. The van der Waals surface area contributed by atoms with E-state index in [-0.39, 0.29) is 22.3 Å². The van der Waals surface area contributed by atoms with Gasteiger partial charge in [-0.3, -0.25) is 19.2 Å². The molecular weight excluding hydrogens is 616 g/mol. The molecule has 2 aromatic carbocycles. The topological polar surface area (TPSA) is 94.1 Å². The zero-order valence-corrected chi connectivity index (χ0v) is 24.0. The first-order chi connectivity index (χ1) is 21.1. The summed E-state index contributed by atoms with van der Waals surface area (Å²) >= 11 is 2.49. The molecule has 12 heteroatoms. The van der Waals surface area contributed by atoms with E-state index < -0.39 is 62.9 Å². The van der Waals surface area contributed by atoms with Crippen LogP contribution in [0.5, 0.6) is 0 Å². The first-order valence-corrected chi connectivity index (χ1v) is 15.3. The smallest absolute Gasteiger partial charge is 0.237 e. The lowest BCUT2D eigenvalue weighted by Crippen LogP contribution is -2.29. The predicted molar refractivity (Wildman–Crippen MR) is 154 cm³/mol. The van der Waals surface area contributed by atoms with Crippen LogP contribution >= 0.6 is 22.7 Å². The number of hydrogen-bond acceptors (Lipinski definition) is 8. The molecule has 6 nitrogen and oxygen atoms in total. The number of benzene rings is 2. The Hall–Kier alpha value is -4.42. The third-order valence-corrected chi connectivity index (χ3v) is 10.9. The molecule has 218 valence electrons. The van der Waals surface area contributed by atoms with Crippen molar-refractivity contribution in [3.8, 4) is 9.75 Å². The number of fused-ring (bicyclic) bond motifs is 7. The second-order valence-electron chi connectivity index (χ2n) is 11.2. The van der Waals surface area contributed by atoms with Gasteiger partial charge in [0.15, 0.2) is 0 Å². The minimum absolute atomic E-state index is 0.114. The van der Waals surface area contributed by atoms with Crippen molar-refractivity contribution in [3.63, 3.8) is 0 Å². The highest BCUT2D eigenvalue weighted by Crippen LogP contribution is 2.59. The van der Waals surface area contributed by atoms with Gasteiger partial charge in [0, 0.05) is 34.4 Å². The van der Waals surface area contributed by atoms with Gasteiger partial charge in [-0.25, -0.2) is 27.5 Å². The molecular formula is C32H16F4N2O4S2. The molecule has 0 bridgehead atoms. The molecule has 2 heterocycles. The zero-order valence-electron chi connectivity index (χ0n) is 22.4. The number of ketones is 4. The van der Waals surface area contributed by atoms with Crippen molar-refractivity contribution in [3.05, 3.63) is 91.2 Å². The van der Waals surface area contributed by atoms with E-state index in [9.17, 15) is 36.7 Å². The van der Waals surface area contributed by atoms with E-state index in [2.05, 4.69) is 0 Å². The van der Waals surface area contributed by atoms with Gasteiger partial charge in [0.05, 0.1) is 37.7 Å². The monoisotopic (exact) mass is 632 g/mol. The number of hydrogen-bond donors (Lipinski definition) is 0. The van der Waals surface area contributed by atoms with Crippen molar-refractivity contribution >= 4 is 69.1 Å². The molecule has 2 aromatic heterocycles. The van der Waals surface area contributed by atoms with Gasteiger partial charge in [-0.15, -0.1) is 22.7 Å². The van der Waals surface area contributed by atoms with Gasteiger partial charge in [0.1, 0.15) is 33.3 Å². The van der Waals surface area contributed by atoms with Crippen molar-refractivity contribution in [2.24, 2.45) is 0 Å². The number of aromatic nitrogens is 2. The minimum atomic E-state index is -1.10. The molecule has 0 N–H and O–H groups in total. The maximum atomic E-state index is 14.4. The first kappa shape index (κ1) is 27.2. The Morgan fingerprint density at radius 2 is 1.05 bits per heavy atom. The molecule has 0 unspecified atom stereocenters. The quantitative estimate of drug-likeness (QED) is 0.134. The fourth-order valence-corrected chi connectivity index (χ4v) is 9.13. The summed E-state index contributed by atoms with van der Waals surface area (Å²) in [6.07, 6.45) is 7.06. The second-order valence-corrected chi connectivity index (χ2v) is 13.2. The molecule has 4 aromatic rings. The molecule has 44 heavy (non-hydrogen) atoms. The van der Waals surface area contributed by atoms with Crippen molar-refractivity contribution < 1.29 is 36.7 Å². The van der Waals surface area contributed by atoms with Crippen LogP contribution in [0.4, 0.5) is 17.6 Å². The summed E-state index contributed by atoms with van der Waals surface area (Å²) in [6, 6.07) is 3.05. The average Bonchev–Trinajstić information content (AvgIpc) is 3.74. The Balaban J connectivity index is 1.26. The van der Waals surface area contributed by atoms with E-state index in [1.54, 1.807) is 0 Å². The van der Waals surface area contributed by atoms with E-state index >= 15 is 0 Å². The van der Waals surface area contributed by atoms with Crippen LogP contribution in [-0.2, 0) is 15.0 Å². The molecule has 4 aliphatic carbocycles. The molecule has 0 atom stereocenters. The van der Waals surface area contributed by atoms with Gasteiger partial charge in [-0.1, -0.05) is 19.3 Å². The fraction of sp³-hybridized carbons (Fsp3) is 0.188. The maximum Gasteiger partial charge on any atom is 0.237 e. The summed E-state index contributed by atoms with van der Waals surface area (Å²) in [5, 5.41) is 0.757. The molecule has 4 aliphatic rings. The number of carbonyl (C=O) groups excluding carboxylic acids is 4. The SMILES string of the molecule is O=C1C(=O)c2c(F)cc(F)cc2/C1=C/c1nc2c(s1)-c1sc(/C=C3\C(=O)C(=O)c4c(F)cc(F)cc43)nc1C21CCCCC1. The number of Topliss-reactive ketones (excluding diaryl/α,β-unsaturated/α-hetero) is 4. The highest BCUT2D eigenvalue weighted by molar-refractivity contribution is 7.23.